The van der Waals surface area contributed by atoms with Crippen LogP contribution in [0.3, 0.4) is 0 Å². The van der Waals surface area contributed by atoms with Crippen molar-refractivity contribution in [2.75, 3.05) is 7.11 Å². The summed E-state index contributed by atoms with van der Waals surface area (Å²) in [7, 11) is 1.60. The summed E-state index contributed by atoms with van der Waals surface area (Å²) in [5.74, 6) is 1.18. The molecule has 0 heterocycles. The first-order chi connectivity index (χ1) is 9.60. The standard InChI is InChI=1S/C14H12ClNO4/c1-19-12-5-2-10(3-6-12)9-20-14-7-4-11(16(17)18)8-13(14)15/h2-8H,9H2,1H3. The largest absolute Gasteiger partial charge is 0.497 e. The Kier molecular flexibility index (Phi) is 4.42. The van der Waals surface area contributed by atoms with Gasteiger partial charge in [-0.1, -0.05) is 23.7 Å². The van der Waals surface area contributed by atoms with Gasteiger partial charge in [0.15, 0.2) is 0 Å². The minimum Gasteiger partial charge on any atom is -0.497 e. The first kappa shape index (κ1) is 14.1. The first-order valence-electron chi connectivity index (χ1n) is 5.80. The van der Waals surface area contributed by atoms with Crippen LogP contribution in [0.1, 0.15) is 5.56 Å². The minimum atomic E-state index is -0.501. The van der Waals surface area contributed by atoms with E-state index in [4.69, 9.17) is 21.1 Å². The van der Waals surface area contributed by atoms with Crippen LogP contribution in [-0.4, -0.2) is 12.0 Å². The molecule has 2 aromatic carbocycles. The van der Waals surface area contributed by atoms with Gasteiger partial charge in [0.2, 0.25) is 0 Å². The molecule has 0 unspecified atom stereocenters. The van der Waals surface area contributed by atoms with Gasteiger partial charge in [-0.15, -0.1) is 0 Å². The van der Waals surface area contributed by atoms with E-state index in [1.807, 2.05) is 24.3 Å². The van der Waals surface area contributed by atoms with Crippen molar-refractivity contribution in [1.29, 1.82) is 0 Å². The Bertz CT molecular complexity index is 613. The van der Waals surface area contributed by atoms with Gasteiger partial charge in [-0.25, -0.2) is 0 Å². The summed E-state index contributed by atoms with van der Waals surface area (Å²) in [6.07, 6.45) is 0. The Hall–Kier alpha value is -2.27. The molecule has 2 aromatic rings. The van der Waals surface area contributed by atoms with E-state index in [0.29, 0.717) is 12.4 Å². The molecule has 0 fully saturated rings. The zero-order valence-corrected chi connectivity index (χ0v) is 11.5. The summed E-state index contributed by atoms with van der Waals surface area (Å²) in [5.41, 5.74) is 0.881. The molecule has 0 amide bonds. The monoisotopic (exact) mass is 293 g/mol. The first-order valence-corrected chi connectivity index (χ1v) is 6.17. The number of nitrogens with zero attached hydrogens (tertiary/aromatic N) is 1. The third-order valence-corrected chi connectivity index (χ3v) is 2.98. The van der Waals surface area contributed by atoms with Crippen molar-refractivity contribution in [2.45, 2.75) is 6.61 Å². The predicted molar refractivity (Wildman–Crippen MR) is 75.4 cm³/mol. The molecule has 104 valence electrons. The van der Waals surface area contributed by atoms with Crippen molar-refractivity contribution in [3.63, 3.8) is 0 Å². The van der Waals surface area contributed by atoms with Crippen molar-refractivity contribution >= 4 is 17.3 Å². The van der Waals surface area contributed by atoms with E-state index in [0.717, 1.165) is 11.3 Å². The Balaban J connectivity index is 2.04. The lowest BCUT2D eigenvalue weighted by Crippen LogP contribution is -1.97. The van der Waals surface area contributed by atoms with Crippen molar-refractivity contribution in [2.24, 2.45) is 0 Å². The van der Waals surface area contributed by atoms with Crippen molar-refractivity contribution < 1.29 is 14.4 Å². The molecule has 0 N–H and O–H groups in total. The van der Waals surface area contributed by atoms with Gasteiger partial charge in [-0.05, 0) is 23.8 Å². The maximum atomic E-state index is 10.6. The van der Waals surface area contributed by atoms with Gasteiger partial charge in [0.25, 0.3) is 5.69 Å². The van der Waals surface area contributed by atoms with E-state index in [2.05, 4.69) is 0 Å². The third-order valence-electron chi connectivity index (χ3n) is 2.68. The fraction of sp³-hybridized carbons (Fsp3) is 0.143. The van der Waals surface area contributed by atoms with Crippen LogP contribution in [0.2, 0.25) is 5.02 Å². The molecule has 0 bridgehead atoms. The fourth-order valence-corrected chi connectivity index (χ4v) is 1.83. The lowest BCUT2D eigenvalue weighted by molar-refractivity contribution is -0.384. The summed E-state index contributed by atoms with van der Waals surface area (Å²) in [6, 6.07) is 11.5. The maximum Gasteiger partial charge on any atom is 0.271 e. The van der Waals surface area contributed by atoms with Gasteiger partial charge in [0, 0.05) is 12.1 Å². The minimum absolute atomic E-state index is 0.0632. The van der Waals surface area contributed by atoms with Gasteiger partial charge >= 0.3 is 0 Å². The van der Waals surface area contributed by atoms with E-state index < -0.39 is 4.92 Å². The van der Waals surface area contributed by atoms with Crippen molar-refractivity contribution in [3.05, 3.63) is 63.2 Å². The lowest BCUT2D eigenvalue weighted by Gasteiger charge is -2.08. The van der Waals surface area contributed by atoms with E-state index in [1.165, 1.54) is 18.2 Å². The number of ether oxygens (including phenoxy) is 2. The summed E-state index contributed by atoms with van der Waals surface area (Å²) in [6.45, 7) is 0.321. The Morgan fingerprint density at radius 3 is 2.45 bits per heavy atom. The van der Waals surface area contributed by atoms with E-state index in [-0.39, 0.29) is 10.7 Å². The highest BCUT2D eigenvalue weighted by Crippen LogP contribution is 2.29. The predicted octanol–water partition coefficient (Wildman–Crippen LogP) is 3.84. The second kappa shape index (κ2) is 6.25. The molecule has 20 heavy (non-hydrogen) atoms. The van der Waals surface area contributed by atoms with E-state index in [1.54, 1.807) is 7.11 Å². The van der Waals surface area contributed by atoms with Crippen LogP contribution in [0.15, 0.2) is 42.5 Å². The number of non-ortho nitro benzene ring substituents is 1. The van der Waals surface area contributed by atoms with Crippen molar-refractivity contribution in [3.8, 4) is 11.5 Å². The molecule has 0 aromatic heterocycles. The Morgan fingerprint density at radius 2 is 1.90 bits per heavy atom. The van der Waals surface area contributed by atoms with Gasteiger partial charge in [-0.2, -0.15) is 0 Å². The molecule has 0 aliphatic rings. The summed E-state index contributed by atoms with van der Waals surface area (Å²) in [5, 5.41) is 10.8. The molecule has 0 saturated heterocycles. The zero-order valence-electron chi connectivity index (χ0n) is 10.7. The Labute approximate surface area is 120 Å². The molecule has 5 nitrogen and oxygen atoms in total. The normalized spacial score (nSPS) is 10.1. The molecule has 0 radical (unpaired) electrons. The highest BCUT2D eigenvalue weighted by Gasteiger charge is 2.10. The summed E-state index contributed by atoms with van der Waals surface area (Å²) in [4.78, 5) is 10.1. The van der Waals surface area contributed by atoms with Crippen LogP contribution in [0.25, 0.3) is 0 Å². The number of nitro benzene ring substituents is 1. The third kappa shape index (κ3) is 3.39. The van der Waals surface area contributed by atoms with Gasteiger partial charge < -0.3 is 9.47 Å². The van der Waals surface area contributed by atoms with Crippen LogP contribution in [-0.2, 0) is 6.61 Å². The molecule has 0 aliphatic heterocycles. The number of hydrogen-bond acceptors (Lipinski definition) is 4. The molecule has 6 heteroatoms. The number of hydrogen-bond donors (Lipinski definition) is 0. The van der Waals surface area contributed by atoms with Crippen LogP contribution >= 0.6 is 11.6 Å². The van der Waals surface area contributed by atoms with Crippen LogP contribution in [0, 0.1) is 10.1 Å². The van der Waals surface area contributed by atoms with Gasteiger partial charge in [-0.3, -0.25) is 10.1 Å². The number of nitro groups is 1. The molecule has 2 rings (SSSR count). The zero-order chi connectivity index (χ0) is 14.5. The second-order valence-corrected chi connectivity index (χ2v) is 4.42. The van der Waals surface area contributed by atoms with E-state index in [9.17, 15) is 10.1 Å². The van der Waals surface area contributed by atoms with E-state index >= 15 is 0 Å². The smallest absolute Gasteiger partial charge is 0.271 e. The van der Waals surface area contributed by atoms with Crippen LogP contribution in [0.4, 0.5) is 5.69 Å². The average molecular weight is 294 g/mol. The van der Waals surface area contributed by atoms with Gasteiger partial charge in [0.1, 0.15) is 18.1 Å². The molecule has 0 aliphatic carbocycles. The summed E-state index contributed by atoms with van der Waals surface area (Å²) >= 11 is 5.94. The number of benzene rings is 2. The number of halogens is 1. The highest BCUT2D eigenvalue weighted by molar-refractivity contribution is 6.32. The maximum absolute atomic E-state index is 10.6. The van der Waals surface area contributed by atoms with Crippen LogP contribution < -0.4 is 9.47 Å². The summed E-state index contributed by atoms with van der Waals surface area (Å²) < 4.78 is 10.6. The SMILES string of the molecule is COc1ccc(COc2ccc([N+](=O)[O-])cc2Cl)cc1. The van der Waals surface area contributed by atoms with Crippen molar-refractivity contribution in [1.82, 2.24) is 0 Å². The fourth-order valence-electron chi connectivity index (χ4n) is 1.60. The number of methoxy groups -OCH3 is 1. The van der Waals surface area contributed by atoms with Gasteiger partial charge in [0.05, 0.1) is 17.1 Å². The Morgan fingerprint density at radius 1 is 1.20 bits per heavy atom. The lowest BCUT2D eigenvalue weighted by atomic mass is 10.2. The number of rotatable bonds is 5. The molecular weight excluding hydrogens is 282 g/mol. The molecule has 0 spiro atoms. The highest BCUT2D eigenvalue weighted by atomic mass is 35.5. The molecular formula is C14H12ClNO4. The second-order valence-electron chi connectivity index (χ2n) is 4.01. The quantitative estimate of drug-likeness (QED) is 0.621. The van der Waals surface area contributed by atoms with Crippen LogP contribution in [0.5, 0.6) is 11.5 Å². The molecule has 0 saturated carbocycles. The molecule has 0 atom stereocenters. The average Bonchev–Trinajstić information content (AvgIpc) is 2.46. The topological polar surface area (TPSA) is 61.6 Å².